The van der Waals surface area contributed by atoms with Gasteiger partial charge in [0.15, 0.2) is 11.2 Å². The van der Waals surface area contributed by atoms with Gasteiger partial charge in [-0.25, -0.2) is 0 Å². The largest absolute Gasteiger partial charge is 0.465 e. The molecule has 0 N–H and O–H groups in total. The molecule has 132 valence electrons. The van der Waals surface area contributed by atoms with Crippen LogP contribution in [0.4, 0.5) is 0 Å². The highest BCUT2D eigenvalue weighted by molar-refractivity contribution is 6.18. The smallest absolute Gasteiger partial charge is 0.327 e. The number of alkyl halides is 1. The van der Waals surface area contributed by atoms with E-state index in [1.165, 1.54) is 6.92 Å². The number of esters is 2. The lowest BCUT2D eigenvalue weighted by Gasteiger charge is -2.25. The highest BCUT2D eigenvalue weighted by Gasteiger charge is 2.46. The maximum atomic E-state index is 12.3. The second-order valence-electron chi connectivity index (χ2n) is 5.36. The van der Waals surface area contributed by atoms with E-state index in [0.29, 0.717) is 29.8 Å². The van der Waals surface area contributed by atoms with Crippen LogP contribution in [0.15, 0.2) is 24.3 Å². The molecule has 0 spiro atoms. The Bertz CT molecular complexity index is 562. The molecule has 0 atom stereocenters. The van der Waals surface area contributed by atoms with Gasteiger partial charge < -0.3 is 9.47 Å². The SMILES string of the molecule is CCOC(=O)C(C)(C(=O)OCC)c1ccc(C(=O)CCCCl)cc1. The van der Waals surface area contributed by atoms with Gasteiger partial charge in [0.2, 0.25) is 0 Å². The molecular weight excluding hydrogens is 332 g/mol. The van der Waals surface area contributed by atoms with Crippen molar-refractivity contribution in [3.05, 3.63) is 35.4 Å². The Morgan fingerprint density at radius 1 is 1.00 bits per heavy atom. The average Bonchev–Trinajstić information content (AvgIpc) is 2.59. The molecule has 0 aliphatic heterocycles. The highest BCUT2D eigenvalue weighted by atomic mass is 35.5. The fourth-order valence-corrected chi connectivity index (χ4v) is 2.36. The van der Waals surface area contributed by atoms with Crippen LogP contribution in [-0.2, 0) is 24.5 Å². The third kappa shape index (κ3) is 4.57. The van der Waals surface area contributed by atoms with Crippen LogP contribution in [-0.4, -0.2) is 36.8 Å². The number of rotatable bonds is 9. The Morgan fingerprint density at radius 3 is 1.92 bits per heavy atom. The molecule has 0 saturated carbocycles. The molecule has 0 radical (unpaired) electrons. The van der Waals surface area contributed by atoms with E-state index in [4.69, 9.17) is 21.1 Å². The van der Waals surface area contributed by atoms with Crippen molar-refractivity contribution in [2.24, 2.45) is 0 Å². The van der Waals surface area contributed by atoms with E-state index in [0.717, 1.165) is 0 Å². The monoisotopic (exact) mass is 354 g/mol. The van der Waals surface area contributed by atoms with Gasteiger partial charge in [-0.2, -0.15) is 0 Å². The fourth-order valence-electron chi connectivity index (χ4n) is 2.23. The van der Waals surface area contributed by atoms with Crippen molar-refractivity contribution in [1.82, 2.24) is 0 Å². The zero-order valence-corrected chi connectivity index (χ0v) is 15.0. The number of benzene rings is 1. The Morgan fingerprint density at radius 2 is 1.50 bits per heavy atom. The molecule has 1 aromatic carbocycles. The first-order valence-corrected chi connectivity index (χ1v) is 8.49. The number of carbonyl (C=O) groups excluding carboxylic acids is 3. The molecule has 24 heavy (non-hydrogen) atoms. The quantitative estimate of drug-likeness (QED) is 0.294. The molecule has 0 saturated heterocycles. The number of ketones is 1. The molecule has 0 fully saturated rings. The summed E-state index contributed by atoms with van der Waals surface area (Å²) in [6, 6.07) is 6.37. The number of ether oxygens (including phenoxy) is 2. The summed E-state index contributed by atoms with van der Waals surface area (Å²) in [4.78, 5) is 36.7. The Kier molecular flexibility index (Phi) is 7.92. The molecule has 1 rings (SSSR count). The van der Waals surface area contributed by atoms with E-state index < -0.39 is 17.4 Å². The molecule has 6 heteroatoms. The first-order chi connectivity index (χ1) is 11.4. The van der Waals surface area contributed by atoms with Crippen LogP contribution in [0.2, 0.25) is 0 Å². The molecule has 0 unspecified atom stereocenters. The number of Topliss-reactive ketones (excluding diaryl/α,β-unsaturated/α-hetero) is 1. The summed E-state index contributed by atoms with van der Waals surface area (Å²) in [5.41, 5.74) is -0.628. The van der Waals surface area contributed by atoms with Crippen molar-refractivity contribution in [3.8, 4) is 0 Å². The minimum Gasteiger partial charge on any atom is -0.465 e. The predicted octanol–water partition coefficient (Wildman–Crippen LogP) is 3.27. The summed E-state index contributed by atoms with van der Waals surface area (Å²) in [6.07, 6.45) is 0.960. The zero-order valence-electron chi connectivity index (χ0n) is 14.3. The topological polar surface area (TPSA) is 69.7 Å². The van der Waals surface area contributed by atoms with Gasteiger partial charge in [0.05, 0.1) is 13.2 Å². The van der Waals surface area contributed by atoms with Gasteiger partial charge in [-0.15, -0.1) is 11.6 Å². The van der Waals surface area contributed by atoms with Crippen molar-refractivity contribution in [2.45, 2.75) is 39.0 Å². The van der Waals surface area contributed by atoms with Crippen molar-refractivity contribution >= 4 is 29.3 Å². The van der Waals surface area contributed by atoms with Crippen LogP contribution in [0.25, 0.3) is 0 Å². The molecule has 0 amide bonds. The number of carbonyl (C=O) groups is 3. The fraction of sp³-hybridized carbons (Fsp3) is 0.500. The normalized spacial score (nSPS) is 11.0. The average molecular weight is 355 g/mol. The van der Waals surface area contributed by atoms with Crippen LogP contribution >= 0.6 is 11.6 Å². The lowest BCUT2D eigenvalue weighted by molar-refractivity contribution is -0.163. The summed E-state index contributed by atoms with van der Waals surface area (Å²) in [5, 5.41) is 0. The summed E-state index contributed by atoms with van der Waals surface area (Å²) in [6.45, 7) is 5.11. The van der Waals surface area contributed by atoms with Crippen molar-refractivity contribution in [3.63, 3.8) is 0 Å². The van der Waals surface area contributed by atoms with E-state index in [2.05, 4.69) is 0 Å². The van der Waals surface area contributed by atoms with Crippen LogP contribution in [0.1, 0.15) is 49.5 Å². The van der Waals surface area contributed by atoms with Crippen molar-refractivity contribution < 1.29 is 23.9 Å². The number of hydrogen-bond acceptors (Lipinski definition) is 5. The Hall–Kier alpha value is -1.88. The number of halogens is 1. The van der Waals surface area contributed by atoms with Crippen molar-refractivity contribution in [2.75, 3.05) is 19.1 Å². The van der Waals surface area contributed by atoms with E-state index in [1.54, 1.807) is 38.1 Å². The van der Waals surface area contributed by atoms with Crippen molar-refractivity contribution in [1.29, 1.82) is 0 Å². The lowest BCUT2D eigenvalue weighted by Crippen LogP contribution is -2.43. The first kappa shape index (κ1) is 20.2. The lowest BCUT2D eigenvalue weighted by atomic mass is 9.82. The number of hydrogen-bond donors (Lipinski definition) is 0. The summed E-state index contributed by atoms with van der Waals surface area (Å²) in [7, 11) is 0. The van der Waals surface area contributed by atoms with E-state index >= 15 is 0 Å². The maximum Gasteiger partial charge on any atom is 0.327 e. The van der Waals surface area contributed by atoms with Crippen LogP contribution in [0.3, 0.4) is 0 Å². The Labute approximate surface area is 147 Å². The second-order valence-corrected chi connectivity index (χ2v) is 5.74. The molecule has 1 aromatic rings. The van der Waals surface area contributed by atoms with E-state index in [1.807, 2.05) is 0 Å². The van der Waals surface area contributed by atoms with E-state index in [9.17, 15) is 14.4 Å². The van der Waals surface area contributed by atoms with Gasteiger partial charge in [0, 0.05) is 17.9 Å². The summed E-state index contributed by atoms with van der Waals surface area (Å²) < 4.78 is 10.1. The predicted molar refractivity (Wildman–Crippen MR) is 91.3 cm³/mol. The minimum atomic E-state index is -1.57. The summed E-state index contributed by atoms with van der Waals surface area (Å²) in [5.74, 6) is -0.960. The van der Waals surface area contributed by atoms with Gasteiger partial charge in [-0.05, 0) is 32.8 Å². The Balaban J connectivity index is 3.13. The minimum absolute atomic E-state index is 0.0313. The standard InChI is InChI=1S/C18H23ClO5/c1-4-23-16(21)18(3,17(22)24-5-2)14-10-8-13(9-11-14)15(20)7-6-12-19/h8-11H,4-7,12H2,1-3H3. The third-order valence-electron chi connectivity index (χ3n) is 3.69. The molecule has 0 aliphatic carbocycles. The van der Waals surface area contributed by atoms with Crippen LogP contribution in [0, 0.1) is 0 Å². The molecule has 0 heterocycles. The molecule has 0 aromatic heterocycles. The highest BCUT2D eigenvalue weighted by Crippen LogP contribution is 2.28. The third-order valence-corrected chi connectivity index (χ3v) is 3.96. The molecule has 0 bridgehead atoms. The zero-order chi connectivity index (χ0) is 18.2. The molecule has 5 nitrogen and oxygen atoms in total. The van der Waals surface area contributed by atoms with E-state index in [-0.39, 0.29) is 19.0 Å². The summed E-state index contributed by atoms with van der Waals surface area (Å²) >= 11 is 5.59. The van der Waals surface area contributed by atoms with Crippen LogP contribution < -0.4 is 0 Å². The maximum absolute atomic E-state index is 12.3. The van der Waals surface area contributed by atoms with Gasteiger partial charge >= 0.3 is 11.9 Å². The van der Waals surface area contributed by atoms with Gasteiger partial charge in [-0.1, -0.05) is 24.3 Å². The van der Waals surface area contributed by atoms with Gasteiger partial charge in [0.25, 0.3) is 0 Å². The molecular formula is C18H23ClO5. The second kappa shape index (κ2) is 9.42. The van der Waals surface area contributed by atoms with Gasteiger partial charge in [-0.3, -0.25) is 14.4 Å². The van der Waals surface area contributed by atoms with Gasteiger partial charge in [0.1, 0.15) is 0 Å². The first-order valence-electron chi connectivity index (χ1n) is 7.95. The molecule has 0 aliphatic rings. The van der Waals surface area contributed by atoms with Crippen LogP contribution in [0.5, 0.6) is 0 Å².